The van der Waals surface area contributed by atoms with E-state index in [1.165, 1.54) is 6.92 Å². The van der Waals surface area contributed by atoms with Crippen molar-refractivity contribution in [2.75, 3.05) is 0 Å². The smallest absolute Gasteiger partial charge is 0.348 e. The molecule has 0 amide bonds. The predicted molar refractivity (Wildman–Crippen MR) is 40.9 cm³/mol. The molecule has 1 atom stereocenters. The Bertz CT molecular complexity index is 199. The Morgan fingerprint density at radius 3 is 2.55 bits per heavy atom. The summed E-state index contributed by atoms with van der Waals surface area (Å²) < 4.78 is 4.83. The van der Waals surface area contributed by atoms with Crippen LogP contribution in [0.2, 0.25) is 0 Å². The van der Waals surface area contributed by atoms with Crippen LogP contribution in [0.25, 0.3) is 0 Å². The van der Waals surface area contributed by atoms with Gasteiger partial charge in [-0.3, -0.25) is 0 Å². The van der Waals surface area contributed by atoms with Crippen molar-refractivity contribution in [3.05, 3.63) is 0 Å². The van der Waals surface area contributed by atoms with Crippen LogP contribution in [0.15, 0.2) is 0 Å². The van der Waals surface area contributed by atoms with Crippen molar-refractivity contribution in [1.29, 1.82) is 0 Å². The Morgan fingerprint density at radius 2 is 2.27 bits per heavy atom. The maximum Gasteiger partial charge on any atom is 0.348 e. The number of carboxylic acid groups (broad SMARTS) is 1. The average Bonchev–Trinajstić information content (AvgIpc) is 2.00. The van der Waals surface area contributed by atoms with E-state index < -0.39 is 11.6 Å². The van der Waals surface area contributed by atoms with Gasteiger partial charge in [-0.1, -0.05) is 12.8 Å². The molecule has 0 aromatic heterocycles. The molecule has 0 bridgehead atoms. The number of hydrogen-bond donors (Lipinski definition) is 1. The SMILES string of the molecule is CC#COC(C)(CC)C(=O)O. The third-order valence-corrected chi connectivity index (χ3v) is 1.51. The standard InChI is InChI=1S/C8H12O3/c1-4-6-11-8(3,5-2)7(9)10/h5H2,1-3H3,(H,9,10). The Kier molecular flexibility index (Phi) is 3.46. The Balaban J connectivity index is 4.30. The normalized spacial score (nSPS) is 14.1. The molecule has 1 unspecified atom stereocenters. The largest absolute Gasteiger partial charge is 0.478 e. The highest BCUT2D eigenvalue weighted by atomic mass is 16.5. The van der Waals surface area contributed by atoms with Crippen molar-refractivity contribution in [1.82, 2.24) is 0 Å². The summed E-state index contributed by atoms with van der Waals surface area (Å²) in [4.78, 5) is 10.6. The molecule has 0 radical (unpaired) electrons. The minimum atomic E-state index is -1.16. The predicted octanol–water partition coefficient (Wildman–Crippen LogP) is 1.24. The molecule has 0 rings (SSSR count). The van der Waals surface area contributed by atoms with E-state index in [2.05, 4.69) is 12.0 Å². The van der Waals surface area contributed by atoms with E-state index in [4.69, 9.17) is 9.84 Å². The summed E-state index contributed by atoms with van der Waals surface area (Å²) in [5.74, 6) is 1.49. The van der Waals surface area contributed by atoms with Gasteiger partial charge in [0.2, 0.25) is 5.60 Å². The first-order valence-corrected chi connectivity index (χ1v) is 3.40. The number of hydrogen-bond acceptors (Lipinski definition) is 2. The molecule has 0 saturated carbocycles. The molecule has 1 N–H and O–H groups in total. The van der Waals surface area contributed by atoms with Crippen LogP contribution in [0.1, 0.15) is 27.2 Å². The van der Waals surface area contributed by atoms with E-state index in [0.29, 0.717) is 6.42 Å². The molecule has 11 heavy (non-hydrogen) atoms. The maximum absolute atomic E-state index is 10.6. The number of carboxylic acids is 1. The van der Waals surface area contributed by atoms with Crippen molar-refractivity contribution in [2.45, 2.75) is 32.8 Å². The summed E-state index contributed by atoms with van der Waals surface area (Å²) in [6.45, 7) is 4.84. The highest BCUT2D eigenvalue weighted by Crippen LogP contribution is 2.14. The van der Waals surface area contributed by atoms with Crippen LogP contribution in [0.5, 0.6) is 0 Å². The number of rotatable bonds is 3. The lowest BCUT2D eigenvalue weighted by Gasteiger charge is -2.19. The molecule has 0 heterocycles. The maximum atomic E-state index is 10.6. The molecule has 3 heteroatoms. The van der Waals surface area contributed by atoms with Crippen LogP contribution in [0.4, 0.5) is 0 Å². The van der Waals surface area contributed by atoms with Gasteiger partial charge in [-0.2, -0.15) is 0 Å². The first-order valence-electron chi connectivity index (χ1n) is 3.40. The highest BCUT2D eigenvalue weighted by Gasteiger charge is 2.32. The monoisotopic (exact) mass is 156 g/mol. The summed E-state index contributed by atoms with van der Waals surface area (Å²) >= 11 is 0. The van der Waals surface area contributed by atoms with Gasteiger partial charge in [0.25, 0.3) is 0 Å². The first kappa shape index (κ1) is 9.83. The molecule has 0 aromatic carbocycles. The molecule has 3 nitrogen and oxygen atoms in total. The van der Waals surface area contributed by atoms with Gasteiger partial charge in [-0.05, 0) is 13.3 Å². The zero-order valence-corrected chi connectivity index (χ0v) is 6.97. The second-order valence-corrected chi connectivity index (χ2v) is 2.34. The number of aliphatic carboxylic acids is 1. The van der Waals surface area contributed by atoms with Crippen LogP contribution >= 0.6 is 0 Å². The van der Waals surface area contributed by atoms with Gasteiger partial charge in [-0.25, -0.2) is 4.79 Å². The fourth-order valence-electron chi connectivity index (χ4n) is 0.431. The third-order valence-electron chi connectivity index (χ3n) is 1.51. The van der Waals surface area contributed by atoms with Crippen molar-refractivity contribution in [3.8, 4) is 12.0 Å². The summed E-state index contributed by atoms with van der Waals surface area (Å²) in [6, 6.07) is 0. The van der Waals surface area contributed by atoms with Crippen LogP contribution in [0.3, 0.4) is 0 Å². The van der Waals surface area contributed by atoms with E-state index >= 15 is 0 Å². The summed E-state index contributed by atoms with van der Waals surface area (Å²) in [5, 5.41) is 8.67. The van der Waals surface area contributed by atoms with Crippen molar-refractivity contribution < 1.29 is 14.6 Å². The van der Waals surface area contributed by atoms with Crippen LogP contribution < -0.4 is 0 Å². The summed E-state index contributed by atoms with van der Waals surface area (Å²) in [6.07, 6.45) is 2.69. The fourth-order valence-corrected chi connectivity index (χ4v) is 0.431. The number of ether oxygens (including phenoxy) is 1. The van der Waals surface area contributed by atoms with E-state index in [-0.39, 0.29) is 0 Å². The van der Waals surface area contributed by atoms with Gasteiger partial charge in [0.05, 0.1) is 0 Å². The first-order chi connectivity index (χ1) is 5.06. The molecule has 62 valence electrons. The lowest BCUT2D eigenvalue weighted by molar-refractivity contribution is -0.156. The van der Waals surface area contributed by atoms with Crippen molar-refractivity contribution in [3.63, 3.8) is 0 Å². The van der Waals surface area contributed by atoms with Crippen LogP contribution in [-0.2, 0) is 9.53 Å². The third kappa shape index (κ3) is 2.50. The van der Waals surface area contributed by atoms with Crippen molar-refractivity contribution >= 4 is 5.97 Å². The minimum Gasteiger partial charge on any atom is -0.478 e. The van der Waals surface area contributed by atoms with E-state index in [1.807, 2.05) is 0 Å². The van der Waals surface area contributed by atoms with Gasteiger partial charge in [0, 0.05) is 6.92 Å². The Hall–Kier alpha value is -1.17. The Labute approximate surface area is 66.4 Å². The fraction of sp³-hybridized carbons (Fsp3) is 0.625. The molecule has 0 fully saturated rings. The number of carbonyl (C=O) groups is 1. The quantitative estimate of drug-likeness (QED) is 0.625. The molecule has 0 spiro atoms. The summed E-state index contributed by atoms with van der Waals surface area (Å²) in [7, 11) is 0. The van der Waals surface area contributed by atoms with Crippen LogP contribution in [0, 0.1) is 12.0 Å². The van der Waals surface area contributed by atoms with E-state index in [9.17, 15) is 4.79 Å². The molecular formula is C8H12O3. The van der Waals surface area contributed by atoms with Gasteiger partial charge in [0.15, 0.2) is 0 Å². The topological polar surface area (TPSA) is 46.5 Å². The molecule has 0 saturated heterocycles. The molecule has 0 aromatic rings. The zero-order chi connectivity index (χ0) is 8.91. The lowest BCUT2D eigenvalue weighted by atomic mass is 10.0. The second kappa shape index (κ2) is 3.87. The van der Waals surface area contributed by atoms with Crippen LogP contribution in [-0.4, -0.2) is 16.7 Å². The molecule has 0 aliphatic heterocycles. The van der Waals surface area contributed by atoms with Crippen molar-refractivity contribution in [2.24, 2.45) is 0 Å². The lowest BCUT2D eigenvalue weighted by Crippen LogP contribution is -2.36. The average molecular weight is 156 g/mol. The second-order valence-electron chi connectivity index (χ2n) is 2.34. The highest BCUT2D eigenvalue weighted by molar-refractivity contribution is 5.76. The molecular weight excluding hydrogens is 144 g/mol. The van der Waals surface area contributed by atoms with E-state index in [0.717, 1.165) is 0 Å². The van der Waals surface area contributed by atoms with Gasteiger partial charge >= 0.3 is 5.97 Å². The molecule has 0 aliphatic rings. The zero-order valence-electron chi connectivity index (χ0n) is 6.97. The molecule has 0 aliphatic carbocycles. The Morgan fingerprint density at radius 1 is 1.73 bits per heavy atom. The van der Waals surface area contributed by atoms with E-state index in [1.54, 1.807) is 13.8 Å². The van der Waals surface area contributed by atoms with Gasteiger partial charge in [-0.15, -0.1) is 0 Å². The summed E-state index contributed by atoms with van der Waals surface area (Å²) in [5.41, 5.74) is -1.16. The van der Waals surface area contributed by atoms with Gasteiger partial charge in [0.1, 0.15) is 6.11 Å². The minimum absolute atomic E-state index is 0.400. The van der Waals surface area contributed by atoms with Gasteiger partial charge < -0.3 is 9.84 Å².